The minimum absolute atomic E-state index is 0.112. The number of nitrogens with one attached hydrogen (secondary N) is 2. The third kappa shape index (κ3) is 5.93. The van der Waals surface area contributed by atoms with Crippen molar-refractivity contribution in [2.75, 3.05) is 11.9 Å². The Bertz CT molecular complexity index is 1000. The molecule has 3 aromatic carbocycles. The summed E-state index contributed by atoms with van der Waals surface area (Å²) < 4.78 is 5.45. The zero-order valence-electron chi connectivity index (χ0n) is 15.4. The van der Waals surface area contributed by atoms with Gasteiger partial charge in [-0.2, -0.15) is 5.10 Å². The summed E-state index contributed by atoms with van der Waals surface area (Å²) in [5.74, 6) is -0.348. The fourth-order valence-electron chi connectivity index (χ4n) is 2.41. The summed E-state index contributed by atoms with van der Waals surface area (Å²) in [6.07, 6.45) is 1.46. The van der Waals surface area contributed by atoms with Crippen LogP contribution < -0.4 is 15.5 Å². The van der Waals surface area contributed by atoms with E-state index in [1.54, 1.807) is 48.5 Å². The number of carbonyl (C=O) groups is 2. The van der Waals surface area contributed by atoms with E-state index in [-0.39, 0.29) is 23.8 Å². The maximum absolute atomic E-state index is 11.9. The van der Waals surface area contributed by atoms with Gasteiger partial charge < -0.3 is 15.2 Å². The molecule has 3 aromatic rings. The van der Waals surface area contributed by atoms with Gasteiger partial charge in [-0.3, -0.25) is 9.59 Å². The van der Waals surface area contributed by atoms with Crippen molar-refractivity contribution in [1.82, 2.24) is 5.43 Å². The largest absolute Gasteiger partial charge is 0.507 e. The molecular formula is C22H19N3O4. The van der Waals surface area contributed by atoms with Gasteiger partial charge >= 0.3 is 0 Å². The van der Waals surface area contributed by atoms with Crippen molar-refractivity contribution in [3.8, 4) is 11.5 Å². The first-order chi connectivity index (χ1) is 14.1. The lowest BCUT2D eigenvalue weighted by molar-refractivity contribution is -0.118. The number of anilines is 1. The number of hydrazone groups is 1. The van der Waals surface area contributed by atoms with Crippen molar-refractivity contribution in [2.45, 2.75) is 0 Å². The lowest BCUT2D eigenvalue weighted by Gasteiger charge is -2.07. The molecular weight excluding hydrogens is 370 g/mol. The zero-order valence-corrected chi connectivity index (χ0v) is 15.4. The van der Waals surface area contributed by atoms with E-state index in [1.165, 1.54) is 18.3 Å². The van der Waals surface area contributed by atoms with Gasteiger partial charge in [0.2, 0.25) is 0 Å². The van der Waals surface area contributed by atoms with Crippen LogP contribution in [0.5, 0.6) is 11.5 Å². The second kappa shape index (κ2) is 9.70. The number of para-hydroxylation sites is 2. The highest BCUT2D eigenvalue weighted by molar-refractivity contribution is 5.97. The molecule has 0 aromatic heterocycles. The predicted octanol–water partition coefficient (Wildman–Crippen LogP) is 3.17. The maximum atomic E-state index is 11.9. The number of ether oxygens (including phenoxy) is 1. The molecule has 0 aliphatic carbocycles. The summed E-state index contributed by atoms with van der Waals surface area (Å²) in [6.45, 7) is -0.112. The fraction of sp³-hybridized carbons (Fsp3) is 0.0455. The number of phenols is 1. The number of rotatable bonds is 7. The number of amides is 2. The molecule has 0 radical (unpaired) electrons. The number of carbonyl (C=O) groups excluding carboxylic acids is 2. The molecule has 29 heavy (non-hydrogen) atoms. The van der Waals surface area contributed by atoms with E-state index in [4.69, 9.17) is 4.74 Å². The van der Waals surface area contributed by atoms with Gasteiger partial charge in [-0.25, -0.2) is 5.43 Å². The Hall–Kier alpha value is -4.13. The SMILES string of the molecule is O=C(COc1ccc(/C=N\NC(=O)c2ccccc2O)cc1)Nc1ccccc1. The van der Waals surface area contributed by atoms with Crippen LogP contribution in [0.4, 0.5) is 5.69 Å². The molecule has 7 nitrogen and oxygen atoms in total. The highest BCUT2D eigenvalue weighted by Gasteiger charge is 2.08. The molecule has 0 bridgehead atoms. The summed E-state index contributed by atoms with van der Waals surface area (Å²) in [5.41, 5.74) is 3.93. The van der Waals surface area contributed by atoms with Crippen molar-refractivity contribution in [1.29, 1.82) is 0 Å². The van der Waals surface area contributed by atoms with Crippen molar-refractivity contribution in [3.63, 3.8) is 0 Å². The summed E-state index contributed by atoms with van der Waals surface area (Å²) in [5, 5.41) is 16.3. The molecule has 0 spiro atoms. The number of hydrogen-bond donors (Lipinski definition) is 3. The van der Waals surface area contributed by atoms with E-state index in [1.807, 2.05) is 18.2 Å². The first kappa shape index (κ1) is 19.6. The molecule has 0 atom stereocenters. The first-order valence-corrected chi connectivity index (χ1v) is 8.81. The van der Waals surface area contributed by atoms with Crippen LogP contribution in [0.3, 0.4) is 0 Å². The van der Waals surface area contributed by atoms with Crippen molar-refractivity contribution < 1.29 is 19.4 Å². The van der Waals surface area contributed by atoms with Crippen molar-refractivity contribution in [3.05, 3.63) is 90.0 Å². The normalized spacial score (nSPS) is 10.5. The van der Waals surface area contributed by atoms with Crippen LogP contribution in [0.2, 0.25) is 0 Å². The molecule has 0 saturated heterocycles. The minimum Gasteiger partial charge on any atom is -0.507 e. The van der Waals surface area contributed by atoms with E-state index in [2.05, 4.69) is 15.8 Å². The van der Waals surface area contributed by atoms with E-state index >= 15 is 0 Å². The van der Waals surface area contributed by atoms with Crippen LogP contribution in [-0.4, -0.2) is 29.7 Å². The molecule has 0 fully saturated rings. The Labute approximate surface area is 167 Å². The number of benzene rings is 3. The Morgan fingerprint density at radius 1 is 0.931 bits per heavy atom. The van der Waals surface area contributed by atoms with Gasteiger partial charge in [0.05, 0.1) is 11.8 Å². The monoisotopic (exact) mass is 389 g/mol. The van der Waals surface area contributed by atoms with E-state index < -0.39 is 5.91 Å². The molecule has 0 aliphatic heterocycles. The summed E-state index contributed by atoms with van der Waals surface area (Å²) in [4.78, 5) is 23.8. The van der Waals surface area contributed by atoms with Crippen LogP contribution >= 0.6 is 0 Å². The van der Waals surface area contributed by atoms with Crippen LogP contribution in [0.15, 0.2) is 84.0 Å². The Balaban J connectivity index is 1.47. The topological polar surface area (TPSA) is 100 Å². The zero-order chi connectivity index (χ0) is 20.5. The van der Waals surface area contributed by atoms with Crippen molar-refractivity contribution in [2.24, 2.45) is 5.10 Å². The van der Waals surface area contributed by atoms with Gasteiger partial charge in [-0.15, -0.1) is 0 Å². The maximum Gasteiger partial charge on any atom is 0.275 e. The van der Waals surface area contributed by atoms with Crippen molar-refractivity contribution >= 4 is 23.7 Å². The highest BCUT2D eigenvalue weighted by Crippen LogP contribution is 2.15. The van der Waals surface area contributed by atoms with Crippen LogP contribution in [0.1, 0.15) is 15.9 Å². The number of nitrogens with zero attached hydrogens (tertiary/aromatic N) is 1. The number of phenolic OH excluding ortho intramolecular Hbond substituents is 1. The van der Waals surface area contributed by atoms with E-state index in [0.29, 0.717) is 11.4 Å². The lowest BCUT2D eigenvalue weighted by atomic mass is 10.2. The van der Waals surface area contributed by atoms with Crippen LogP contribution in [-0.2, 0) is 4.79 Å². The summed E-state index contributed by atoms with van der Waals surface area (Å²) in [6, 6.07) is 22.2. The van der Waals surface area contributed by atoms with E-state index in [0.717, 1.165) is 5.56 Å². The number of aromatic hydroxyl groups is 1. The Morgan fingerprint density at radius 3 is 2.34 bits per heavy atom. The molecule has 146 valence electrons. The van der Waals surface area contributed by atoms with Gasteiger partial charge in [0, 0.05) is 5.69 Å². The smallest absolute Gasteiger partial charge is 0.275 e. The first-order valence-electron chi connectivity index (χ1n) is 8.81. The molecule has 0 unspecified atom stereocenters. The molecule has 0 aliphatic rings. The molecule has 0 saturated carbocycles. The molecule has 3 rings (SSSR count). The Morgan fingerprint density at radius 2 is 1.62 bits per heavy atom. The van der Waals surface area contributed by atoms with Gasteiger partial charge in [0.1, 0.15) is 11.5 Å². The minimum atomic E-state index is -0.510. The van der Waals surface area contributed by atoms with E-state index in [9.17, 15) is 14.7 Å². The van der Waals surface area contributed by atoms with Crippen LogP contribution in [0.25, 0.3) is 0 Å². The molecule has 7 heteroatoms. The standard InChI is InChI=1S/C22H19N3O4/c26-20-9-5-4-8-19(20)22(28)25-23-14-16-10-12-18(13-11-16)29-15-21(27)24-17-6-2-1-3-7-17/h1-14,26H,15H2,(H,24,27)(H,25,28)/b23-14-. The highest BCUT2D eigenvalue weighted by atomic mass is 16.5. The predicted molar refractivity (Wildman–Crippen MR) is 110 cm³/mol. The number of hydrogen-bond acceptors (Lipinski definition) is 5. The third-order valence-electron chi connectivity index (χ3n) is 3.84. The average molecular weight is 389 g/mol. The third-order valence-corrected chi connectivity index (χ3v) is 3.84. The molecule has 2 amide bonds. The second-order valence-electron chi connectivity index (χ2n) is 5.99. The lowest BCUT2D eigenvalue weighted by Crippen LogP contribution is -2.20. The second-order valence-corrected chi connectivity index (χ2v) is 5.99. The van der Waals surface area contributed by atoms with Gasteiger partial charge in [0.15, 0.2) is 6.61 Å². The quantitative estimate of drug-likeness (QED) is 0.427. The van der Waals surface area contributed by atoms with Gasteiger partial charge in [-0.1, -0.05) is 30.3 Å². The fourth-order valence-corrected chi connectivity index (χ4v) is 2.41. The molecule has 3 N–H and O–H groups in total. The van der Waals surface area contributed by atoms with Crippen LogP contribution in [0, 0.1) is 0 Å². The summed E-state index contributed by atoms with van der Waals surface area (Å²) in [7, 11) is 0. The Kier molecular flexibility index (Phi) is 6.57. The summed E-state index contributed by atoms with van der Waals surface area (Å²) >= 11 is 0. The average Bonchev–Trinajstić information content (AvgIpc) is 2.74. The van der Waals surface area contributed by atoms with Gasteiger partial charge in [-0.05, 0) is 54.1 Å². The molecule has 0 heterocycles. The van der Waals surface area contributed by atoms with Gasteiger partial charge in [0.25, 0.3) is 11.8 Å².